The number of nitrogens with zero attached hydrogens (tertiary/aromatic N) is 1. The summed E-state index contributed by atoms with van der Waals surface area (Å²) < 4.78 is 21.2. The standard InChI is InChI=1S/C20H21BrFNO3/c21-15-10-16(22)17(11-18(15)26-12-6-2-1-3-7-12)23-19(24)13-8-4-5-9-14(13)20(23)25/h10-12H,1-9H2. The molecule has 4 rings (SSSR count). The molecule has 4 nitrogen and oxygen atoms in total. The molecule has 0 bridgehead atoms. The molecule has 0 spiro atoms. The lowest BCUT2D eigenvalue weighted by molar-refractivity contribution is -0.120. The van der Waals surface area contributed by atoms with Crippen molar-refractivity contribution in [3.63, 3.8) is 0 Å². The highest BCUT2D eigenvalue weighted by Crippen LogP contribution is 2.40. The van der Waals surface area contributed by atoms with E-state index in [1.54, 1.807) is 0 Å². The van der Waals surface area contributed by atoms with Gasteiger partial charge in [0.25, 0.3) is 11.8 Å². The molecule has 0 saturated heterocycles. The predicted octanol–water partition coefficient (Wildman–Crippen LogP) is 5.04. The van der Waals surface area contributed by atoms with Gasteiger partial charge in [0, 0.05) is 17.2 Å². The molecule has 0 atom stereocenters. The molecule has 0 aromatic heterocycles. The average molecular weight is 422 g/mol. The van der Waals surface area contributed by atoms with Crippen LogP contribution in [0.1, 0.15) is 57.8 Å². The molecule has 26 heavy (non-hydrogen) atoms. The van der Waals surface area contributed by atoms with Crippen molar-refractivity contribution in [1.82, 2.24) is 0 Å². The fourth-order valence-corrected chi connectivity index (χ4v) is 4.51. The lowest BCUT2D eigenvalue weighted by Crippen LogP contribution is -2.32. The molecular formula is C20H21BrFNO3. The number of hydrogen-bond donors (Lipinski definition) is 0. The molecule has 0 unspecified atom stereocenters. The van der Waals surface area contributed by atoms with E-state index in [1.165, 1.54) is 18.6 Å². The molecule has 2 aliphatic carbocycles. The molecule has 1 fully saturated rings. The molecule has 1 heterocycles. The highest BCUT2D eigenvalue weighted by atomic mass is 79.9. The van der Waals surface area contributed by atoms with Crippen molar-refractivity contribution in [1.29, 1.82) is 0 Å². The highest BCUT2D eigenvalue weighted by Gasteiger charge is 2.41. The maximum Gasteiger partial charge on any atom is 0.261 e. The van der Waals surface area contributed by atoms with E-state index in [2.05, 4.69) is 15.9 Å². The van der Waals surface area contributed by atoms with E-state index in [0.717, 1.165) is 43.4 Å². The predicted molar refractivity (Wildman–Crippen MR) is 99.6 cm³/mol. The topological polar surface area (TPSA) is 46.6 Å². The van der Waals surface area contributed by atoms with Crippen LogP contribution in [0.25, 0.3) is 0 Å². The lowest BCUT2D eigenvalue weighted by Gasteiger charge is -2.25. The number of carbonyl (C=O) groups is 2. The van der Waals surface area contributed by atoms with Crippen molar-refractivity contribution in [2.45, 2.75) is 63.9 Å². The third-order valence-corrected chi connectivity index (χ3v) is 6.10. The van der Waals surface area contributed by atoms with Crippen LogP contribution in [0.4, 0.5) is 10.1 Å². The zero-order chi connectivity index (χ0) is 18.3. The van der Waals surface area contributed by atoms with Gasteiger partial charge in [0.2, 0.25) is 0 Å². The Balaban J connectivity index is 1.65. The zero-order valence-electron chi connectivity index (χ0n) is 14.5. The summed E-state index contributed by atoms with van der Waals surface area (Å²) in [5.74, 6) is -0.878. The van der Waals surface area contributed by atoms with Gasteiger partial charge >= 0.3 is 0 Å². The molecule has 3 aliphatic rings. The van der Waals surface area contributed by atoms with E-state index in [0.29, 0.717) is 34.2 Å². The number of benzene rings is 1. The van der Waals surface area contributed by atoms with E-state index < -0.39 is 5.82 Å². The second-order valence-electron chi connectivity index (χ2n) is 7.22. The van der Waals surface area contributed by atoms with Crippen LogP contribution in [-0.4, -0.2) is 17.9 Å². The molecule has 0 radical (unpaired) electrons. The Kier molecular flexibility index (Phi) is 4.86. The van der Waals surface area contributed by atoms with Crippen LogP contribution in [0.3, 0.4) is 0 Å². The first-order chi connectivity index (χ1) is 12.6. The molecule has 1 saturated carbocycles. The van der Waals surface area contributed by atoms with Crippen molar-refractivity contribution in [3.8, 4) is 5.75 Å². The van der Waals surface area contributed by atoms with Gasteiger partial charge in [0.1, 0.15) is 11.6 Å². The SMILES string of the molecule is O=C1C2=C(CCCC2)C(=O)N1c1cc(OC2CCCCC2)c(Br)cc1F. The molecule has 138 valence electrons. The molecular weight excluding hydrogens is 401 g/mol. The Morgan fingerprint density at radius 3 is 2.19 bits per heavy atom. The summed E-state index contributed by atoms with van der Waals surface area (Å²) in [6.07, 6.45) is 8.47. The number of rotatable bonds is 3. The number of imide groups is 1. The van der Waals surface area contributed by atoms with Crippen LogP contribution in [0.2, 0.25) is 0 Å². The first-order valence-corrected chi connectivity index (χ1v) is 10.1. The van der Waals surface area contributed by atoms with Gasteiger partial charge in [-0.15, -0.1) is 0 Å². The van der Waals surface area contributed by atoms with Gasteiger partial charge in [-0.2, -0.15) is 0 Å². The summed E-state index contributed by atoms with van der Waals surface area (Å²) in [5, 5.41) is 0. The summed E-state index contributed by atoms with van der Waals surface area (Å²) >= 11 is 3.34. The third-order valence-electron chi connectivity index (χ3n) is 5.48. The van der Waals surface area contributed by atoms with E-state index in [4.69, 9.17) is 4.74 Å². The fourth-order valence-electron chi connectivity index (χ4n) is 4.10. The average Bonchev–Trinajstić information content (AvgIpc) is 2.90. The number of carbonyl (C=O) groups excluding carboxylic acids is 2. The third kappa shape index (κ3) is 3.08. The first-order valence-electron chi connectivity index (χ1n) is 9.33. The van der Waals surface area contributed by atoms with Gasteiger partial charge in [-0.05, 0) is 73.4 Å². The van der Waals surface area contributed by atoms with Crippen LogP contribution in [-0.2, 0) is 9.59 Å². The van der Waals surface area contributed by atoms with Crippen LogP contribution in [0.15, 0.2) is 27.8 Å². The van der Waals surface area contributed by atoms with Gasteiger partial charge in [0.15, 0.2) is 0 Å². The minimum absolute atomic E-state index is 0.0107. The maximum atomic E-state index is 14.6. The van der Waals surface area contributed by atoms with Crippen LogP contribution in [0.5, 0.6) is 5.75 Å². The number of halogens is 2. The summed E-state index contributed by atoms with van der Waals surface area (Å²) in [6, 6.07) is 2.77. The second kappa shape index (κ2) is 7.14. The zero-order valence-corrected chi connectivity index (χ0v) is 16.1. The monoisotopic (exact) mass is 421 g/mol. The van der Waals surface area contributed by atoms with Crippen molar-refractivity contribution < 1.29 is 18.7 Å². The Hall–Kier alpha value is -1.69. The largest absolute Gasteiger partial charge is 0.489 e. The van der Waals surface area contributed by atoms with Crippen molar-refractivity contribution >= 4 is 33.4 Å². The molecule has 0 N–H and O–H groups in total. The van der Waals surface area contributed by atoms with Crippen LogP contribution >= 0.6 is 15.9 Å². The van der Waals surface area contributed by atoms with E-state index in [1.807, 2.05) is 0 Å². The van der Waals surface area contributed by atoms with Crippen molar-refractivity contribution in [2.24, 2.45) is 0 Å². The lowest BCUT2D eigenvalue weighted by atomic mass is 9.93. The quantitative estimate of drug-likeness (QED) is 0.641. The summed E-state index contributed by atoms with van der Waals surface area (Å²) in [4.78, 5) is 26.4. The van der Waals surface area contributed by atoms with E-state index >= 15 is 0 Å². The van der Waals surface area contributed by atoms with Crippen molar-refractivity contribution in [2.75, 3.05) is 4.90 Å². The van der Waals surface area contributed by atoms with Crippen LogP contribution < -0.4 is 9.64 Å². The molecule has 6 heteroatoms. The summed E-state index contributed by atoms with van der Waals surface area (Å²) in [6.45, 7) is 0. The molecule has 1 aliphatic heterocycles. The molecule has 1 aromatic carbocycles. The first kappa shape index (κ1) is 17.7. The minimum atomic E-state index is -0.602. The number of ether oxygens (including phenoxy) is 1. The van der Waals surface area contributed by atoms with E-state index in [-0.39, 0.29) is 23.6 Å². The Morgan fingerprint density at radius 1 is 0.962 bits per heavy atom. The number of hydrogen-bond acceptors (Lipinski definition) is 3. The van der Waals surface area contributed by atoms with E-state index in [9.17, 15) is 14.0 Å². The maximum absolute atomic E-state index is 14.6. The minimum Gasteiger partial charge on any atom is -0.489 e. The number of anilines is 1. The fraction of sp³-hybridized carbons (Fsp3) is 0.500. The van der Waals surface area contributed by atoms with Crippen LogP contribution in [0, 0.1) is 5.82 Å². The normalized spacial score (nSPS) is 21.4. The Labute approximate surface area is 160 Å². The Morgan fingerprint density at radius 2 is 1.58 bits per heavy atom. The smallest absolute Gasteiger partial charge is 0.261 e. The molecule has 2 amide bonds. The molecule has 1 aromatic rings. The second-order valence-corrected chi connectivity index (χ2v) is 8.08. The van der Waals surface area contributed by atoms with Gasteiger partial charge < -0.3 is 4.74 Å². The highest BCUT2D eigenvalue weighted by molar-refractivity contribution is 9.10. The van der Waals surface area contributed by atoms with Gasteiger partial charge in [0.05, 0.1) is 16.3 Å². The van der Waals surface area contributed by atoms with Gasteiger partial charge in [-0.3, -0.25) is 9.59 Å². The summed E-state index contributed by atoms with van der Waals surface area (Å²) in [7, 11) is 0. The van der Waals surface area contributed by atoms with Gasteiger partial charge in [-0.25, -0.2) is 9.29 Å². The number of amides is 2. The summed E-state index contributed by atoms with van der Waals surface area (Å²) in [5.41, 5.74) is 1.10. The van der Waals surface area contributed by atoms with Gasteiger partial charge in [-0.1, -0.05) is 6.42 Å². The van der Waals surface area contributed by atoms with Crippen molar-refractivity contribution in [3.05, 3.63) is 33.6 Å². The Bertz CT molecular complexity index is 770.